The monoisotopic (exact) mass is 485 g/mol. The first kappa shape index (κ1) is 26.2. The minimum Gasteiger partial charge on any atom is -0.493 e. The second-order valence-electron chi connectivity index (χ2n) is 8.43. The Bertz CT molecular complexity index is 1020. The molecule has 1 saturated heterocycles. The van der Waals surface area contributed by atoms with Gasteiger partial charge in [0.2, 0.25) is 0 Å². The molecule has 2 aromatic carbocycles. The van der Waals surface area contributed by atoms with E-state index >= 15 is 0 Å². The Labute approximate surface area is 207 Å². The Morgan fingerprint density at radius 3 is 2.06 bits per heavy atom. The first-order valence-electron chi connectivity index (χ1n) is 11.9. The van der Waals surface area contributed by atoms with E-state index in [1.54, 1.807) is 32.3 Å². The molecule has 2 atom stereocenters. The molecule has 0 radical (unpaired) electrons. The molecule has 2 aromatic rings. The molecule has 0 saturated carbocycles. The fourth-order valence-corrected chi connectivity index (χ4v) is 4.39. The van der Waals surface area contributed by atoms with Gasteiger partial charge in [0.05, 0.1) is 33.9 Å². The van der Waals surface area contributed by atoms with E-state index in [4.69, 9.17) is 23.7 Å². The molecule has 1 fully saturated rings. The molecule has 190 valence electrons. The molecule has 1 aliphatic heterocycles. The normalized spacial score (nSPS) is 17.0. The van der Waals surface area contributed by atoms with E-state index in [1.165, 1.54) is 0 Å². The van der Waals surface area contributed by atoms with Crippen molar-refractivity contribution in [3.05, 3.63) is 47.5 Å². The van der Waals surface area contributed by atoms with Crippen molar-refractivity contribution in [2.75, 3.05) is 47.6 Å². The van der Waals surface area contributed by atoms with Gasteiger partial charge in [0.25, 0.3) is 5.91 Å². The number of rotatable bonds is 12. The number of carbonyl (C=O) groups excluding carboxylic acids is 2. The maximum atomic E-state index is 12.6. The number of ether oxygens (including phenoxy) is 5. The number of hydrogen-bond donors (Lipinski definition) is 0. The Hall–Kier alpha value is -3.42. The van der Waals surface area contributed by atoms with Crippen molar-refractivity contribution >= 4 is 11.9 Å². The smallest absolute Gasteiger partial charge is 0.309 e. The van der Waals surface area contributed by atoms with Crippen LogP contribution in [0.2, 0.25) is 0 Å². The van der Waals surface area contributed by atoms with E-state index in [2.05, 4.69) is 0 Å². The van der Waals surface area contributed by atoms with Crippen LogP contribution in [0.4, 0.5) is 0 Å². The highest BCUT2D eigenvalue weighted by molar-refractivity contribution is 5.78. The van der Waals surface area contributed by atoms with Gasteiger partial charge in [-0.05, 0) is 62.1 Å². The van der Waals surface area contributed by atoms with E-state index in [0.717, 1.165) is 11.1 Å². The van der Waals surface area contributed by atoms with Crippen LogP contribution < -0.4 is 18.9 Å². The van der Waals surface area contributed by atoms with Crippen LogP contribution >= 0.6 is 0 Å². The highest BCUT2D eigenvalue weighted by Gasteiger charge is 2.37. The summed E-state index contributed by atoms with van der Waals surface area (Å²) in [5.41, 5.74) is 1.99. The third-order valence-electron chi connectivity index (χ3n) is 6.41. The Balaban J connectivity index is 1.69. The van der Waals surface area contributed by atoms with Crippen LogP contribution in [-0.4, -0.2) is 64.4 Å². The minimum absolute atomic E-state index is 0.0363. The third-order valence-corrected chi connectivity index (χ3v) is 6.41. The molecule has 0 bridgehead atoms. The molecular formula is C27H35NO7. The predicted octanol–water partition coefficient (Wildman–Crippen LogP) is 3.53. The standard InChI is InChI=1S/C27H35NO7/c1-6-28(7-2)26(29)17-34-23-11-9-19(15-25(23)33-5)13-21-20(16-35-27(21)30)12-18-8-10-22(31-3)24(14-18)32-4/h8-11,14-15,20-21H,6-7,12-13,16-17H2,1-5H3/t20-,21+/m0/s1. The van der Waals surface area contributed by atoms with Gasteiger partial charge in [0, 0.05) is 19.0 Å². The number of amides is 1. The van der Waals surface area contributed by atoms with Crippen molar-refractivity contribution in [1.82, 2.24) is 4.90 Å². The van der Waals surface area contributed by atoms with Crippen molar-refractivity contribution in [3.8, 4) is 23.0 Å². The fourth-order valence-electron chi connectivity index (χ4n) is 4.39. The highest BCUT2D eigenvalue weighted by Crippen LogP contribution is 2.35. The largest absolute Gasteiger partial charge is 0.493 e. The SMILES string of the molecule is CCN(CC)C(=O)COc1ccc(C[C@H]2C(=O)OC[C@@H]2Cc2ccc(OC)c(OC)c2)cc1OC. The van der Waals surface area contributed by atoms with Gasteiger partial charge >= 0.3 is 5.97 Å². The summed E-state index contributed by atoms with van der Waals surface area (Å²) >= 11 is 0. The second-order valence-corrected chi connectivity index (χ2v) is 8.43. The first-order chi connectivity index (χ1) is 16.9. The van der Waals surface area contributed by atoms with Gasteiger partial charge in [-0.15, -0.1) is 0 Å². The lowest BCUT2D eigenvalue weighted by Crippen LogP contribution is -2.34. The highest BCUT2D eigenvalue weighted by atomic mass is 16.5. The molecule has 35 heavy (non-hydrogen) atoms. The number of likely N-dealkylation sites (N-methyl/N-ethyl adjacent to an activating group) is 1. The lowest BCUT2D eigenvalue weighted by atomic mass is 9.85. The zero-order valence-electron chi connectivity index (χ0n) is 21.2. The molecule has 0 unspecified atom stereocenters. The molecule has 1 amide bonds. The van der Waals surface area contributed by atoms with Gasteiger partial charge < -0.3 is 28.6 Å². The molecule has 8 heteroatoms. The van der Waals surface area contributed by atoms with Gasteiger partial charge in [-0.3, -0.25) is 9.59 Å². The maximum absolute atomic E-state index is 12.6. The number of hydrogen-bond acceptors (Lipinski definition) is 7. The molecule has 0 aliphatic carbocycles. The molecular weight excluding hydrogens is 450 g/mol. The number of esters is 1. The average molecular weight is 486 g/mol. The van der Waals surface area contributed by atoms with Crippen LogP contribution in [0.25, 0.3) is 0 Å². The summed E-state index contributed by atoms with van der Waals surface area (Å²) in [5.74, 6) is 1.84. The molecule has 0 spiro atoms. The zero-order valence-corrected chi connectivity index (χ0v) is 21.2. The van der Waals surface area contributed by atoms with Crippen molar-refractivity contribution < 1.29 is 33.3 Å². The quantitative estimate of drug-likeness (QED) is 0.425. The van der Waals surface area contributed by atoms with E-state index in [9.17, 15) is 9.59 Å². The number of carbonyl (C=O) groups is 2. The number of nitrogens with zero attached hydrogens (tertiary/aromatic N) is 1. The summed E-state index contributed by atoms with van der Waals surface area (Å²) in [4.78, 5) is 26.5. The zero-order chi connectivity index (χ0) is 25.4. The Kier molecular flexibility index (Phi) is 9.23. The van der Waals surface area contributed by atoms with Crippen LogP contribution in [0.1, 0.15) is 25.0 Å². The number of benzene rings is 2. The summed E-state index contributed by atoms with van der Waals surface area (Å²) in [6.07, 6.45) is 1.20. The van der Waals surface area contributed by atoms with E-state index in [0.29, 0.717) is 55.5 Å². The second kappa shape index (κ2) is 12.3. The third kappa shape index (κ3) is 6.38. The van der Waals surface area contributed by atoms with Gasteiger partial charge in [0.1, 0.15) is 0 Å². The average Bonchev–Trinajstić information content (AvgIpc) is 3.22. The molecule has 0 aromatic heterocycles. The summed E-state index contributed by atoms with van der Waals surface area (Å²) in [6.45, 7) is 5.46. The van der Waals surface area contributed by atoms with Gasteiger partial charge in [-0.1, -0.05) is 12.1 Å². The number of methoxy groups -OCH3 is 3. The minimum atomic E-state index is -0.274. The summed E-state index contributed by atoms with van der Waals surface area (Å²) in [6, 6.07) is 11.3. The van der Waals surface area contributed by atoms with Crippen LogP contribution in [0.15, 0.2) is 36.4 Å². The molecule has 1 heterocycles. The lowest BCUT2D eigenvalue weighted by Gasteiger charge is -2.20. The lowest BCUT2D eigenvalue weighted by molar-refractivity contribution is -0.141. The Morgan fingerprint density at radius 2 is 1.46 bits per heavy atom. The maximum Gasteiger partial charge on any atom is 0.309 e. The molecule has 3 rings (SSSR count). The first-order valence-corrected chi connectivity index (χ1v) is 11.9. The molecule has 0 N–H and O–H groups in total. The Morgan fingerprint density at radius 1 is 0.886 bits per heavy atom. The van der Waals surface area contributed by atoms with E-state index in [1.807, 2.05) is 44.2 Å². The number of cyclic esters (lactones) is 1. The van der Waals surface area contributed by atoms with Crippen LogP contribution in [0.5, 0.6) is 23.0 Å². The molecule has 1 aliphatic rings. The van der Waals surface area contributed by atoms with Gasteiger partial charge in [-0.2, -0.15) is 0 Å². The van der Waals surface area contributed by atoms with Crippen molar-refractivity contribution in [2.45, 2.75) is 26.7 Å². The summed E-state index contributed by atoms with van der Waals surface area (Å²) in [5, 5.41) is 0. The van der Waals surface area contributed by atoms with Crippen molar-refractivity contribution in [1.29, 1.82) is 0 Å². The van der Waals surface area contributed by atoms with E-state index in [-0.39, 0.29) is 30.3 Å². The summed E-state index contributed by atoms with van der Waals surface area (Å²) < 4.78 is 27.4. The summed E-state index contributed by atoms with van der Waals surface area (Å²) in [7, 11) is 4.76. The topological polar surface area (TPSA) is 83.5 Å². The van der Waals surface area contributed by atoms with Crippen LogP contribution in [0, 0.1) is 11.8 Å². The van der Waals surface area contributed by atoms with Crippen LogP contribution in [-0.2, 0) is 27.2 Å². The fraction of sp³-hybridized carbons (Fsp3) is 0.481. The predicted molar refractivity (Wildman–Crippen MR) is 131 cm³/mol. The van der Waals surface area contributed by atoms with Crippen molar-refractivity contribution in [2.24, 2.45) is 11.8 Å². The van der Waals surface area contributed by atoms with Gasteiger partial charge in [0.15, 0.2) is 29.6 Å². The van der Waals surface area contributed by atoms with Gasteiger partial charge in [-0.25, -0.2) is 0 Å². The van der Waals surface area contributed by atoms with Crippen molar-refractivity contribution in [3.63, 3.8) is 0 Å². The van der Waals surface area contributed by atoms with Crippen LogP contribution in [0.3, 0.4) is 0 Å². The molecule has 8 nitrogen and oxygen atoms in total. The van der Waals surface area contributed by atoms with E-state index < -0.39 is 0 Å².